The number of esters is 3. The van der Waals surface area contributed by atoms with Crippen LogP contribution in [0.4, 0.5) is 0 Å². The van der Waals surface area contributed by atoms with Crippen LogP contribution in [0.15, 0.2) is 48.6 Å². The number of carbonyl (C=O) groups is 3. The fourth-order valence-corrected chi connectivity index (χ4v) is 7.08. The Hall–Kier alpha value is -2.63. The summed E-state index contributed by atoms with van der Waals surface area (Å²) in [5, 5.41) is 0. The van der Waals surface area contributed by atoms with Crippen LogP contribution in [0, 0.1) is 0 Å². The molecule has 0 heterocycles. The number of unbranched alkanes of at least 4 members (excludes halogenated alkanes) is 26. The van der Waals surface area contributed by atoms with Gasteiger partial charge in [-0.25, -0.2) is 0 Å². The van der Waals surface area contributed by atoms with Crippen LogP contribution < -0.4 is 0 Å². The van der Waals surface area contributed by atoms with Gasteiger partial charge < -0.3 is 14.2 Å². The van der Waals surface area contributed by atoms with Crippen molar-refractivity contribution in [2.24, 2.45) is 0 Å². The maximum Gasteiger partial charge on any atom is 0.306 e. The Morgan fingerprint density at radius 3 is 1.03 bits per heavy atom. The predicted molar refractivity (Wildman–Crippen MR) is 252 cm³/mol. The summed E-state index contributed by atoms with van der Waals surface area (Å²) in [5.74, 6) is -0.884. The molecule has 0 bridgehead atoms. The molecule has 0 aliphatic rings. The lowest BCUT2D eigenvalue weighted by atomic mass is 10.0. The van der Waals surface area contributed by atoms with Crippen molar-refractivity contribution in [3.63, 3.8) is 0 Å². The highest BCUT2D eigenvalue weighted by molar-refractivity contribution is 5.71. The standard InChI is InChI=1S/C53H94O6/c1-4-7-10-13-15-17-18-19-20-21-22-23-24-25-26-27-28-29-30-31-32-33-34-36-37-40-43-46-52(55)58-49-50(48-57-51(54)45-42-39-12-9-6-3)59-53(56)47-44-41-38-35-16-14-11-8-5-2/h7,10,15,17,19-20,22-23,50H,4-6,8-9,11-14,16,18,21,24-49H2,1-3H3/b10-7-,17-15-,20-19-,23-22-. The summed E-state index contributed by atoms with van der Waals surface area (Å²) in [5.41, 5.74) is 0. The maximum atomic E-state index is 12.6. The highest BCUT2D eigenvalue weighted by atomic mass is 16.6. The Bertz CT molecular complexity index is 1040. The van der Waals surface area contributed by atoms with Gasteiger partial charge >= 0.3 is 17.9 Å². The smallest absolute Gasteiger partial charge is 0.306 e. The molecular weight excluding hydrogens is 733 g/mol. The van der Waals surface area contributed by atoms with Gasteiger partial charge in [-0.1, -0.05) is 223 Å². The number of carbonyl (C=O) groups excluding carboxylic acids is 3. The number of hydrogen-bond donors (Lipinski definition) is 0. The van der Waals surface area contributed by atoms with Gasteiger partial charge in [-0.3, -0.25) is 14.4 Å². The number of ether oxygens (including phenoxy) is 3. The van der Waals surface area contributed by atoms with Gasteiger partial charge in [-0.05, 0) is 57.8 Å². The van der Waals surface area contributed by atoms with E-state index in [0.29, 0.717) is 19.3 Å². The average Bonchev–Trinajstić information content (AvgIpc) is 3.23. The first kappa shape index (κ1) is 56.4. The molecule has 0 aliphatic heterocycles. The summed E-state index contributed by atoms with van der Waals surface area (Å²) < 4.78 is 16.6. The van der Waals surface area contributed by atoms with Crippen molar-refractivity contribution in [3.05, 3.63) is 48.6 Å². The third-order valence-electron chi connectivity index (χ3n) is 10.8. The molecule has 0 fully saturated rings. The molecule has 0 amide bonds. The number of hydrogen-bond acceptors (Lipinski definition) is 6. The van der Waals surface area contributed by atoms with Crippen molar-refractivity contribution in [2.75, 3.05) is 13.2 Å². The maximum absolute atomic E-state index is 12.6. The quantitative estimate of drug-likeness (QED) is 0.0263. The van der Waals surface area contributed by atoms with Gasteiger partial charge in [0.15, 0.2) is 6.10 Å². The largest absolute Gasteiger partial charge is 0.462 e. The Morgan fingerprint density at radius 1 is 0.356 bits per heavy atom. The fraction of sp³-hybridized carbons (Fsp3) is 0.792. The summed E-state index contributed by atoms with van der Waals surface area (Å²) in [7, 11) is 0. The van der Waals surface area contributed by atoms with Gasteiger partial charge in [0.2, 0.25) is 0 Å². The molecule has 6 heteroatoms. The van der Waals surface area contributed by atoms with Crippen molar-refractivity contribution >= 4 is 17.9 Å². The summed E-state index contributed by atoms with van der Waals surface area (Å²) in [6.07, 6.45) is 57.2. The monoisotopic (exact) mass is 827 g/mol. The predicted octanol–water partition coefficient (Wildman–Crippen LogP) is 16.3. The van der Waals surface area contributed by atoms with E-state index < -0.39 is 6.10 Å². The number of allylic oxidation sites excluding steroid dienone is 8. The van der Waals surface area contributed by atoms with Crippen LogP contribution in [0.1, 0.15) is 252 Å². The molecule has 0 aromatic heterocycles. The molecule has 0 radical (unpaired) electrons. The first-order chi connectivity index (χ1) is 29.0. The third-order valence-corrected chi connectivity index (χ3v) is 10.8. The molecule has 6 nitrogen and oxygen atoms in total. The zero-order valence-electron chi connectivity index (χ0n) is 39.0. The van der Waals surface area contributed by atoms with Gasteiger partial charge in [-0.15, -0.1) is 0 Å². The molecule has 342 valence electrons. The molecule has 0 spiro atoms. The normalized spacial score (nSPS) is 12.4. The molecule has 0 aromatic carbocycles. The second-order valence-corrected chi connectivity index (χ2v) is 16.7. The topological polar surface area (TPSA) is 78.9 Å². The van der Waals surface area contributed by atoms with Crippen LogP contribution in [0.3, 0.4) is 0 Å². The summed E-state index contributed by atoms with van der Waals surface area (Å²) in [6, 6.07) is 0. The fourth-order valence-electron chi connectivity index (χ4n) is 7.08. The molecule has 0 saturated carbocycles. The molecule has 1 unspecified atom stereocenters. The molecule has 0 rings (SSSR count). The van der Waals surface area contributed by atoms with E-state index in [4.69, 9.17) is 14.2 Å². The second-order valence-electron chi connectivity index (χ2n) is 16.7. The Morgan fingerprint density at radius 2 is 0.661 bits per heavy atom. The van der Waals surface area contributed by atoms with E-state index in [2.05, 4.69) is 69.4 Å². The van der Waals surface area contributed by atoms with Crippen LogP contribution in [0.5, 0.6) is 0 Å². The van der Waals surface area contributed by atoms with E-state index in [1.165, 1.54) is 122 Å². The molecule has 59 heavy (non-hydrogen) atoms. The minimum absolute atomic E-state index is 0.0706. The van der Waals surface area contributed by atoms with Gasteiger partial charge in [0.1, 0.15) is 13.2 Å². The SMILES string of the molecule is CC/C=C\C/C=C\C/C=C\C/C=C\CCCCCCCCCCCCCCCCC(=O)OCC(COC(=O)CCCCCCC)OC(=O)CCCCCCCCCCC. The lowest BCUT2D eigenvalue weighted by Gasteiger charge is -2.18. The highest BCUT2D eigenvalue weighted by Crippen LogP contribution is 2.15. The van der Waals surface area contributed by atoms with Crippen LogP contribution in [0.25, 0.3) is 0 Å². The lowest BCUT2D eigenvalue weighted by Crippen LogP contribution is -2.30. The average molecular weight is 827 g/mol. The Kier molecular flexibility index (Phi) is 45.9. The van der Waals surface area contributed by atoms with Crippen molar-refractivity contribution in [1.82, 2.24) is 0 Å². The van der Waals surface area contributed by atoms with Crippen LogP contribution in [-0.2, 0) is 28.6 Å². The van der Waals surface area contributed by atoms with Crippen molar-refractivity contribution in [1.29, 1.82) is 0 Å². The van der Waals surface area contributed by atoms with E-state index in [1.54, 1.807) is 0 Å². The third kappa shape index (κ3) is 46.3. The molecule has 0 aromatic rings. The van der Waals surface area contributed by atoms with Crippen molar-refractivity contribution < 1.29 is 28.6 Å². The second kappa shape index (κ2) is 48.0. The van der Waals surface area contributed by atoms with Crippen LogP contribution in [-0.4, -0.2) is 37.2 Å². The Labute approximate surface area is 365 Å². The Balaban J connectivity index is 3.96. The molecule has 0 saturated heterocycles. The van der Waals surface area contributed by atoms with E-state index in [1.807, 2.05) is 0 Å². The zero-order valence-corrected chi connectivity index (χ0v) is 39.0. The van der Waals surface area contributed by atoms with E-state index in [9.17, 15) is 14.4 Å². The summed E-state index contributed by atoms with van der Waals surface area (Å²) >= 11 is 0. The van der Waals surface area contributed by atoms with Crippen LogP contribution in [0.2, 0.25) is 0 Å². The zero-order chi connectivity index (χ0) is 43.0. The van der Waals surface area contributed by atoms with Crippen molar-refractivity contribution in [3.8, 4) is 0 Å². The summed E-state index contributed by atoms with van der Waals surface area (Å²) in [6.45, 7) is 6.43. The van der Waals surface area contributed by atoms with Gasteiger partial charge in [-0.2, -0.15) is 0 Å². The lowest BCUT2D eigenvalue weighted by molar-refractivity contribution is -0.167. The first-order valence-electron chi connectivity index (χ1n) is 25.1. The van der Waals surface area contributed by atoms with E-state index >= 15 is 0 Å². The minimum Gasteiger partial charge on any atom is -0.462 e. The van der Waals surface area contributed by atoms with E-state index in [0.717, 1.165) is 89.9 Å². The van der Waals surface area contributed by atoms with E-state index in [-0.39, 0.29) is 31.1 Å². The first-order valence-corrected chi connectivity index (χ1v) is 25.1. The molecule has 0 N–H and O–H groups in total. The number of rotatable bonds is 45. The highest BCUT2D eigenvalue weighted by Gasteiger charge is 2.19. The molecular formula is C53H94O6. The van der Waals surface area contributed by atoms with Gasteiger partial charge in [0, 0.05) is 19.3 Å². The van der Waals surface area contributed by atoms with Gasteiger partial charge in [0.05, 0.1) is 0 Å². The van der Waals surface area contributed by atoms with Crippen molar-refractivity contribution in [2.45, 2.75) is 258 Å². The molecule has 1 atom stereocenters. The van der Waals surface area contributed by atoms with Gasteiger partial charge in [0.25, 0.3) is 0 Å². The molecule has 0 aliphatic carbocycles. The minimum atomic E-state index is -0.763. The van der Waals surface area contributed by atoms with Crippen LogP contribution >= 0.6 is 0 Å². The summed E-state index contributed by atoms with van der Waals surface area (Å²) in [4.78, 5) is 37.5.